The van der Waals surface area contributed by atoms with Gasteiger partial charge in [-0.15, -0.1) is 0 Å². The van der Waals surface area contributed by atoms with Crippen LogP contribution < -0.4 is 10.1 Å². The molecule has 27 heavy (non-hydrogen) atoms. The quantitative estimate of drug-likeness (QED) is 0.694. The second-order valence-corrected chi connectivity index (χ2v) is 5.80. The second-order valence-electron chi connectivity index (χ2n) is 5.80. The molecular weight excluding hydrogens is 366 g/mol. The average Bonchev–Trinajstić information content (AvgIpc) is 2.60. The van der Waals surface area contributed by atoms with Crippen LogP contribution in [0.2, 0.25) is 0 Å². The zero-order valence-electron chi connectivity index (χ0n) is 15.0. The second kappa shape index (κ2) is 8.28. The lowest BCUT2D eigenvalue weighted by Gasteiger charge is -2.18. The molecule has 8 heteroatoms. The topological polar surface area (TPSA) is 47.6 Å². The molecule has 1 N–H and O–H groups in total. The maximum absolute atomic E-state index is 14.1. The van der Waals surface area contributed by atoms with Gasteiger partial charge in [-0.2, -0.15) is 13.2 Å². The number of aryl methyl sites for hydroxylation is 2. The fraction of sp³-hybridized carbons (Fsp3) is 0.316. The van der Waals surface area contributed by atoms with E-state index in [1.165, 1.54) is 18.2 Å². The number of anilines is 1. The number of carbonyl (C=O) groups is 1. The van der Waals surface area contributed by atoms with E-state index in [1.54, 1.807) is 13.8 Å². The molecule has 0 fully saturated rings. The van der Waals surface area contributed by atoms with Gasteiger partial charge in [0.25, 0.3) is 0 Å². The Morgan fingerprint density at radius 3 is 2.52 bits per heavy atom. The third-order valence-corrected chi connectivity index (χ3v) is 4.04. The van der Waals surface area contributed by atoms with Gasteiger partial charge in [-0.05, 0) is 48.7 Å². The largest absolute Gasteiger partial charge is 0.488 e. The summed E-state index contributed by atoms with van der Waals surface area (Å²) in [6.07, 6.45) is -5.01. The van der Waals surface area contributed by atoms with Crippen molar-refractivity contribution in [1.82, 2.24) is 0 Å². The Balaban J connectivity index is 2.37. The summed E-state index contributed by atoms with van der Waals surface area (Å²) in [4.78, 5) is 11.4. The minimum Gasteiger partial charge on any atom is -0.488 e. The highest BCUT2D eigenvalue weighted by Crippen LogP contribution is 2.38. The Morgan fingerprint density at radius 2 is 1.93 bits per heavy atom. The fourth-order valence-corrected chi connectivity index (χ4v) is 2.58. The summed E-state index contributed by atoms with van der Waals surface area (Å²) in [5.74, 6) is -1.12. The van der Waals surface area contributed by atoms with E-state index in [2.05, 4.69) is 10.1 Å². The molecule has 0 radical (unpaired) electrons. The van der Waals surface area contributed by atoms with Gasteiger partial charge >= 0.3 is 12.3 Å². The summed E-state index contributed by atoms with van der Waals surface area (Å²) >= 11 is 0. The van der Waals surface area contributed by atoms with Crippen LogP contribution >= 0.6 is 0 Å². The molecule has 0 saturated heterocycles. The Labute approximate surface area is 154 Å². The molecule has 0 aliphatic carbocycles. The molecule has 0 aliphatic rings. The predicted octanol–water partition coefficient (Wildman–Crippen LogP) is 5.47. The number of benzene rings is 2. The lowest BCUT2D eigenvalue weighted by atomic mass is 10.0. The molecule has 2 rings (SSSR count). The molecule has 0 spiro atoms. The maximum atomic E-state index is 14.1. The standard InChI is InChI=1S/C19H19F4NO3/c1-4-12-9-14(19(21,22)23)17(8-11(12)2)27-10-13-15(20)6-5-7-16(13)24-18(25)26-3/h5-9H,4,10H2,1-3H3,(H,24,25). The van der Waals surface area contributed by atoms with Crippen molar-refractivity contribution in [2.45, 2.75) is 33.1 Å². The molecule has 0 atom stereocenters. The zero-order valence-corrected chi connectivity index (χ0v) is 15.0. The smallest absolute Gasteiger partial charge is 0.419 e. The Bertz CT molecular complexity index is 834. The van der Waals surface area contributed by atoms with Crippen LogP contribution in [0, 0.1) is 12.7 Å². The van der Waals surface area contributed by atoms with Crippen molar-refractivity contribution in [2.75, 3.05) is 12.4 Å². The molecule has 2 aromatic rings. The first-order valence-electron chi connectivity index (χ1n) is 8.13. The third-order valence-electron chi connectivity index (χ3n) is 4.04. The number of carbonyl (C=O) groups excluding carboxylic acids is 1. The van der Waals surface area contributed by atoms with E-state index in [0.29, 0.717) is 17.5 Å². The van der Waals surface area contributed by atoms with E-state index < -0.39 is 36.0 Å². The fourth-order valence-electron chi connectivity index (χ4n) is 2.58. The van der Waals surface area contributed by atoms with Crippen LogP contribution in [0.5, 0.6) is 5.75 Å². The molecule has 0 aromatic heterocycles. The van der Waals surface area contributed by atoms with Crippen molar-refractivity contribution in [2.24, 2.45) is 0 Å². The molecule has 146 valence electrons. The van der Waals surface area contributed by atoms with Crippen molar-refractivity contribution >= 4 is 11.8 Å². The first-order valence-corrected chi connectivity index (χ1v) is 8.13. The van der Waals surface area contributed by atoms with E-state index in [4.69, 9.17) is 4.74 Å². The predicted molar refractivity (Wildman–Crippen MR) is 92.3 cm³/mol. The number of alkyl halides is 3. The van der Waals surface area contributed by atoms with E-state index in [1.807, 2.05) is 0 Å². The number of halogens is 4. The van der Waals surface area contributed by atoms with Gasteiger partial charge in [0.2, 0.25) is 0 Å². The zero-order chi connectivity index (χ0) is 20.2. The molecule has 2 aromatic carbocycles. The first-order chi connectivity index (χ1) is 12.7. The molecule has 1 amide bonds. The molecule has 0 aliphatic heterocycles. The van der Waals surface area contributed by atoms with E-state index >= 15 is 0 Å². The van der Waals surface area contributed by atoms with Crippen molar-refractivity contribution in [3.63, 3.8) is 0 Å². The van der Waals surface area contributed by atoms with E-state index in [9.17, 15) is 22.4 Å². The molecule has 0 heterocycles. The van der Waals surface area contributed by atoms with Gasteiger partial charge in [-0.1, -0.05) is 13.0 Å². The number of amides is 1. The SMILES string of the molecule is CCc1cc(C(F)(F)F)c(OCc2c(F)cccc2NC(=O)OC)cc1C. The van der Waals surface area contributed by atoms with Crippen LogP contribution in [0.25, 0.3) is 0 Å². The number of rotatable bonds is 5. The van der Waals surface area contributed by atoms with Crippen LogP contribution in [0.4, 0.5) is 28.0 Å². The van der Waals surface area contributed by atoms with Gasteiger partial charge in [0.05, 0.1) is 18.4 Å². The van der Waals surface area contributed by atoms with Crippen molar-refractivity contribution in [3.05, 3.63) is 58.4 Å². The highest BCUT2D eigenvalue weighted by molar-refractivity contribution is 5.85. The number of hydrogen-bond donors (Lipinski definition) is 1. The summed E-state index contributed by atoms with van der Waals surface area (Å²) < 4.78 is 64.0. The van der Waals surface area contributed by atoms with Crippen LogP contribution in [0.15, 0.2) is 30.3 Å². The van der Waals surface area contributed by atoms with Crippen LogP contribution in [-0.4, -0.2) is 13.2 Å². The average molecular weight is 385 g/mol. The van der Waals surface area contributed by atoms with Crippen molar-refractivity contribution in [3.8, 4) is 5.75 Å². The van der Waals surface area contributed by atoms with Crippen molar-refractivity contribution < 1.29 is 31.8 Å². The Morgan fingerprint density at radius 1 is 1.22 bits per heavy atom. The highest BCUT2D eigenvalue weighted by Gasteiger charge is 2.35. The van der Waals surface area contributed by atoms with Gasteiger partial charge in [0.1, 0.15) is 18.2 Å². The molecule has 4 nitrogen and oxygen atoms in total. The lowest BCUT2D eigenvalue weighted by molar-refractivity contribution is -0.139. The third kappa shape index (κ3) is 4.90. The number of methoxy groups -OCH3 is 1. The summed E-state index contributed by atoms with van der Waals surface area (Å²) in [5.41, 5.74) is 0.227. The number of nitrogens with one attached hydrogen (secondary N) is 1. The van der Waals surface area contributed by atoms with Gasteiger partial charge in [-0.3, -0.25) is 5.32 Å². The minimum absolute atomic E-state index is 0.0531. The van der Waals surface area contributed by atoms with E-state index in [-0.39, 0.29) is 11.3 Å². The number of ether oxygens (including phenoxy) is 2. The van der Waals surface area contributed by atoms with Crippen molar-refractivity contribution in [1.29, 1.82) is 0 Å². The summed E-state index contributed by atoms with van der Waals surface area (Å²) in [7, 11) is 1.14. The summed E-state index contributed by atoms with van der Waals surface area (Å²) in [6, 6.07) is 6.20. The van der Waals surface area contributed by atoms with Gasteiger partial charge in [0.15, 0.2) is 0 Å². The normalized spacial score (nSPS) is 11.2. The van der Waals surface area contributed by atoms with Gasteiger partial charge in [0, 0.05) is 5.56 Å². The van der Waals surface area contributed by atoms with E-state index in [0.717, 1.165) is 19.2 Å². The molecular formula is C19H19F4NO3. The molecule has 0 saturated carbocycles. The van der Waals surface area contributed by atoms with Crippen LogP contribution in [0.1, 0.15) is 29.2 Å². The summed E-state index contributed by atoms with van der Waals surface area (Å²) in [5, 5.41) is 2.31. The monoisotopic (exact) mass is 385 g/mol. The Kier molecular flexibility index (Phi) is 6.30. The maximum Gasteiger partial charge on any atom is 0.419 e. The Hall–Kier alpha value is -2.77. The van der Waals surface area contributed by atoms with Gasteiger partial charge in [-0.25, -0.2) is 9.18 Å². The first kappa shape index (κ1) is 20.5. The lowest BCUT2D eigenvalue weighted by Crippen LogP contribution is -2.15. The minimum atomic E-state index is -4.62. The van der Waals surface area contributed by atoms with Gasteiger partial charge < -0.3 is 9.47 Å². The molecule has 0 unspecified atom stereocenters. The van der Waals surface area contributed by atoms with Crippen LogP contribution in [0.3, 0.4) is 0 Å². The number of hydrogen-bond acceptors (Lipinski definition) is 3. The van der Waals surface area contributed by atoms with Crippen LogP contribution in [-0.2, 0) is 23.9 Å². The summed E-state index contributed by atoms with van der Waals surface area (Å²) in [6.45, 7) is 2.94. The molecule has 0 bridgehead atoms. The highest BCUT2D eigenvalue weighted by atomic mass is 19.4.